The Morgan fingerprint density at radius 2 is 2.03 bits per heavy atom. The van der Waals surface area contributed by atoms with Gasteiger partial charge in [-0.2, -0.15) is 5.10 Å². The highest BCUT2D eigenvalue weighted by Crippen LogP contribution is 2.38. The van der Waals surface area contributed by atoms with Crippen LogP contribution in [0, 0.1) is 5.92 Å². The van der Waals surface area contributed by atoms with Crippen LogP contribution in [0.3, 0.4) is 0 Å². The maximum atomic E-state index is 13.3. The van der Waals surface area contributed by atoms with Crippen LogP contribution in [0.2, 0.25) is 0 Å². The molecule has 2 aliphatic rings. The smallest absolute Gasteiger partial charge is 0.261 e. The second kappa shape index (κ2) is 6.04. The fraction of sp³-hybridized carbons (Fsp3) is 0.333. The summed E-state index contributed by atoms with van der Waals surface area (Å²) in [6.07, 6.45) is 8.41. The molecule has 146 valence electrons. The van der Waals surface area contributed by atoms with E-state index in [0.717, 1.165) is 48.6 Å². The van der Waals surface area contributed by atoms with Crippen molar-refractivity contribution in [3.63, 3.8) is 0 Å². The molecule has 1 saturated heterocycles. The van der Waals surface area contributed by atoms with Crippen LogP contribution in [0.5, 0.6) is 0 Å². The van der Waals surface area contributed by atoms with Gasteiger partial charge >= 0.3 is 0 Å². The third kappa shape index (κ3) is 2.45. The van der Waals surface area contributed by atoms with Gasteiger partial charge in [0.25, 0.3) is 5.56 Å². The van der Waals surface area contributed by atoms with Crippen molar-refractivity contribution in [2.24, 2.45) is 13.0 Å². The molecular weight excluding hydrogens is 366 g/mol. The number of rotatable bonds is 2. The quantitative estimate of drug-likeness (QED) is 0.570. The van der Waals surface area contributed by atoms with Gasteiger partial charge in [0.1, 0.15) is 5.82 Å². The van der Waals surface area contributed by atoms with Crippen LogP contribution in [0.15, 0.2) is 47.8 Å². The Morgan fingerprint density at radius 3 is 2.90 bits per heavy atom. The first-order valence-electron chi connectivity index (χ1n) is 9.93. The number of aryl methyl sites for hydroxylation is 1. The molecule has 1 fully saturated rings. The fourth-order valence-corrected chi connectivity index (χ4v) is 5.05. The number of imidazole rings is 1. The average molecular weight is 387 g/mol. The number of hydrogen-bond acceptors (Lipinski definition) is 5. The largest absolute Gasteiger partial charge is 0.370 e. The van der Waals surface area contributed by atoms with E-state index in [1.54, 1.807) is 6.20 Å². The second-order valence-electron chi connectivity index (χ2n) is 8.12. The summed E-state index contributed by atoms with van der Waals surface area (Å²) < 4.78 is 3.88. The monoisotopic (exact) mass is 387 g/mol. The molecule has 2 bridgehead atoms. The van der Waals surface area contributed by atoms with Gasteiger partial charge in [0.05, 0.1) is 22.8 Å². The number of fused-ring (bicyclic) bond motifs is 5. The molecule has 4 aromatic rings. The number of H-pyrrole nitrogens is 1. The zero-order valence-electron chi connectivity index (χ0n) is 16.1. The van der Waals surface area contributed by atoms with E-state index in [-0.39, 0.29) is 5.56 Å². The first-order valence-corrected chi connectivity index (χ1v) is 9.93. The summed E-state index contributed by atoms with van der Waals surface area (Å²) >= 11 is 0. The molecular formula is C21H21N7O. The van der Waals surface area contributed by atoms with Gasteiger partial charge in [-0.15, -0.1) is 0 Å². The van der Waals surface area contributed by atoms with Gasteiger partial charge in [-0.3, -0.25) is 9.89 Å². The van der Waals surface area contributed by atoms with Crippen molar-refractivity contribution < 1.29 is 0 Å². The molecule has 2 atom stereocenters. The van der Waals surface area contributed by atoms with E-state index in [9.17, 15) is 4.79 Å². The van der Waals surface area contributed by atoms with Crippen LogP contribution in [-0.4, -0.2) is 42.4 Å². The minimum Gasteiger partial charge on any atom is -0.370 e. The van der Waals surface area contributed by atoms with Gasteiger partial charge < -0.3 is 14.0 Å². The minimum atomic E-state index is 0.0705. The molecule has 1 N–H and O–H groups in total. The van der Waals surface area contributed by atoms with Gasteiger partial charge in [-0.25, -0.2) is 9.97 Å². The highest BCUT2D eigenvalue weighted by molar-refractivity contribution is 5.88. The van der Waals surface area contributed by atoms with Crippen LogP contribution in [0.1, 0.15) is 18.0 Å². The normalized spacial score (nSPS) is 20.8. The summed E-state index contributed by atoms with van der Waals surface area (Å²) in [5, 5.41) is 8.16. The number of anilines is 1. The molecule has 2 aliphatic heterocycles. The van der Waals surface area contributed by atoms with Crippen molar-refractivity contribution in [3.05, 3.63) is 59.0 Å². The van der Waals surface area contributed by atoms with E-state index in [1.165, 1.54) is 5.69 Å². The summed E-state index contributed by atoms with van der Waals surface area (Å²) in [5.74, 6) is 1.49. The van der Waals surface area contributed by atoms with Crippen molar-refractivity contribution >= 4 is 16.7 Å². The Kier molecular flexibility index (Phi) is 3.44. The van der Waals surface area contributed by atoms with Crippen molar-refractivity contribution in [1.29, 1.82) is 0 Å². The van der Waals surface area contributed by atoms with Crippen molar-refractivity contribution in [3.8, 4) is 11.4 Å². The lowest BCUT2D eigenvalue weighted by Gasteiger charge is -2.44. The molecule has 0 unspecified atom stereocenters. The Morgan fingerprint density at radius 1 is 1.10 bits per heavy atom. The molecule has 6 rings (SSSR count). The molecule has 8 heteroatoms. The van der Waals surface area contributed by atoms with Crippen LogP contribution >= 0.6 is 0 Å². The lowest BCUT2D eigenvalue weighted by molar-refractivity contribution is 0.282. The van der Waals surface area contributed by atoms with Crippen molar-refractivity contribution in [1.82, 2.24) is 29.3 Å². The molecule has 6 heterocycles. The molecule has 0 saturated carbocycles. The highest BCUT2D eigenvalue weighted by Gasteiger charge is 2.35. The van der Waals surface area contributed by atoms with Gasteiger partial charge in [-0.1, -0.05) is 0 Å². The first kappa shape index (κ1) is 16.5. The molecule has 0 aliphatic carbocycles. The number of pyridine rings is 2. The van der Waals surface area contributed by atoms with Gasteiger partial charge in [-0.05, 0) is 30.5 Å². The van der Waals surface area contributed by atoms with Crippen LogP contribution in [0.4, 0.5) is 5.69 Å². The van der Waals surface area contributed by atoms with Gasteiger partial charge in [0, 0.05) is 56.9 Å². The number of aromatic amines is 1. The summed E-state index contributed by atoms with van der Waals surface area (Å²) in [5.41, 5.74) is 3.85. The summed E-state index contributed by atoms with van der Waals surface area (Å²) in [6.45, 7) is 2.57. The Hall–Kier alpha value is -3.42. The second-order valence-corrected chi connectivity index (χ2v) is 8.12. The summed E-state index contributed by atoms with van der Waals surface area (Å²) in [4.78, 5) is 24.4. The fourth-order valence-electron chi connectivity index (χ4n) is 5.05. The molecule has 0 spiro atoms. The standard InChI is InChI=1S/C21H21N7O/c1-26-7-6-23-20(26)15-2-3-17-14-8-13(11-28(17)21(15)29)10-27(12-14)18-4-5-22-19-16(18)9-24-25-19/h2-7,9,13-14H,8,10-12H2,1H3,(H,22,24,25)/t13-,14+/m0/s1. The minimum absolute atomic E-state index is 0.0705. The maximum Gasteiger partial charge on any atom is 0.261 e. The number of piperidine rings is 1. The SMILES string of the molecule is Cn1ccnc1-c1ccc2n(c1=O)C[C@H]1C[C@@H]2CN(c2ccnc3[nH]ncc23)C1. The predicted molar refractivity (Wildman–Crippen MR) is 110 cm³/mol. The van der Waals surface area contributed by atoms with E-state index in [4.69, 9.17) is 0 Å². The van der Waals surface area contributed by atoms with Gasteiger partial charge in [0.15, 0.2) is 5.65 Å². The number of hydrogen-bond donors (Lipinski definition) is 1. The van der Waals surface area contributed by atoms with Crippen LogP contribution in [0.25, 0.3) is 22.4 Å². The first-order chi connectivity index (χ1) is 14.2. The van der Waals surface area contributed by atoms with E-state index in [2.05, 4.69) is 37.2 Å². The number of nitrogens with one attached hydrogen (secondary N) is 1. The Labute approximate surface area is 166 Å². The Balaban J connectivity index is 1.40. The van der Waals surface area contributed by atoms with E-state index < -0.39 is 0 Å². The van der Waals surface area contributed by atoms with E-state index in [1.807, 2.05) is 40.8 Å². The third-order valence-electron chi connectivity index (χ3n) is 6.34. The summed E-state index contributed by atoms with van der Waals surface area (Å²) in [7, 11) is 1.92. The van der Waals surface area contributed by atoms with Gasteiger partial charge in [0.2, 0.25) is 0 Å². The van der Waals surface area contributed by atoms with Crippen LogP contribution < -0.4 is 10.5 Å². The molecule has 0 aromatic carbocycles. The van der Waals surface area contributed by atoms with E-state index >= 15 is 0 Å². The number of nitrogens with zero attached hydrogens (tertiary/aromatic N) is 6. The lowest BCUT2D eigenvalue weighted by Crippen LogP contribution is -2.47. The molecule has 0 amide bonds. The predicted octanol–water partition coefficient (Wildman–Crippen LogP) is 2.14. The molecule has 29 heavy (non-hydrogen) atoms. The third-order valence-corrected chi connectivity index (χ3v) is 6.34. The van der Waals surface area contributed by atoms with Crippen molar-refractivity contribution in [2.45, 2.75) is 18.9 Å². The molecule has 8 nitrogen and oxygen atoms in total. The topological polar surface area (TPSA) is 84.6 Å². The maximum absolute atomic E-state index is 13.3. The zero-order valence-corrected chi connectivity index (χ0v) is 16.1. The van der Waals surface area contributed by atoms with Crippen molar-refractivity contribution in [2.75, 3.05) is 18.0 Å². The van der Waals surface area contributed by atoms with Crippen LogP contribution in [-0.2, 0) is 13.6 Å². The Bertz CT molecular complexity index is 1280. The lowest BCUT2D eigenvalue weighted by atomic mass is 9.82. The molecule has 0 radical (unpaired) electrons. The van der Waals surface area contributed by atoms with E-state index in [0.29, 0.717) is 17.4 Å². The highest BCUT2D eigenvalue weighted by atomic mass is 16.1. The number of aromatic nitrogens is 6. The average Bonchev–Trinajstić information content (AvgIpc) is 3.37. The molecule has 4 aromatic heterocycles. The zero-order chi connectivity index (χ0) is 19.5. The summed E-state index contributed by atoms with van der Waals surface area (Å²) in [6, 6.07) is 6.13.